The number of benzene rings is 1. The lowest BCUT2D eigenvalue weighted by atomic mass is 10.2. The fourth-order valence-corrected chi connectivity index (χ4v) is 2.76. The molecule has 0 amide bonds. The normalized spacial score (nSPS) is 12.5. The molecule has 0 radical (unpaired) electrons. The summed E-state index contributed by atoms with van der Waals surface area (Å²) in [7, 11) is 3.74. The first-order valence-electron chi connectivity index (χ1n) is 8.46. The molecule has 6 heteroatoms. The van der Waals surface area contributed by atoms with Crippen LogP contribution in [0.5, 0.6) is 5.75 Å². The number of halogens is 1. The molecule has 2 rings (SSSR count). The van der Waals surface area contributed by atoms with Crippen LogP contribution in [0.4, 0.5) is 0 Å². The molecule has 0 bridgehead atoms. The highest BCUT2D eigenvalue weighted by molar-refractivity contribution is 6.30. The third kappa shape index (κ3) is 7.08. The number of aliphatic hydroxyl groups is 1. The first kappa shape index (κ1) is 19.8. The zero-order valence-electron chi connectivity index (χ0n) is 14.9. The molecule has 1 atom stereocenters. The topological polar surface area (TPSA) is 46.9 Å². The van der Waals surface area contributed by atoms with Gasteiger partial charge in [0.2, 0.25) is 0 Å². The minimum absolute atomic E-state index is 0.246. The van der Waals surface area contributed by atoms with Gasteiger partial charge in [-0.15, -0.1) is 0 Å². The van der Waals surface area contributed by atoms with Crippen molar-refractivity contribution in [1.29, 1.82) is 0 Å². The maximum atomic E-state index is 10.4. The van der Waals surface area contributed by atoms with Crippen molar-refractivity contribution in [3.8, 4) is 5.75 Å². The first-order chi connectivity index (χ1) is 12.1. The Kier molecular flexibility index (Phi) is 8.28. The van der Waals surface area contributed by atoms with Gasteiger partial charge in [-0.1, -0.05) is 11.6 Å². The van der Waals surface area contributed by atoms with E-state index in [4.69, 9.17) is 21.1 Å². The number of hydrogen-bond donors (Lipinski definition) is 1. The van der Waals surface area contributed by atoms with E-state index >= 15 is 0 Å². The summed E-state index contributed by atoms with van der Waals surface area (Å²) in [6.07, 6.45) is 2.38. The lowest BCUT2D eigenvalue weighted by Crippen LogP contribution is -2.36. The van der Waals surface area contributed by atoms with Crippen LogP contribution in [-0.2, 0) is 18.3 Å². The van der Waals surface area contributed by atoms with E-state index in [1.165, 1.54) is 5.69 Å². The van der Waals surface area contributed by atoms with E-state index in [1.54, 1.807) is 31.4 Å². The predicted octanol–water partition coefficient (Wildman–Crippen LogP) is 2.96. The highest BCUT2D eigenvalue weighted by Gasteiger charge is 2.14. The number of aryl methyl sites for hydroxylation is 1. The second kappa shape index (κ2) is 10.5. The maximum Gasteiger partial charge on any atom is 0.119 e. The third-order valence-corrected chi connectivity index (χ3v) is 4.24. The van der Waals surface area contributed by atoms with Gasteiger partial charge in [-0.25, -0.2) is 0 Å². The number of hydrogen-bond acceptors (Lipinski definition) is 4. The molecule has 0 fully saturated rings. The molecule has 0 aliphatic rings. The smallest absolute Gasteiger partial charge is 0.119 e. The van der Waals surface area contributed by atoms with Crippen molar-refractivity contribution in [3.05, 3.63) is 53.3 Å². The Morgan fingerprint density at radius 1 is 1.24 bits per heavy atom. The van der Waals surface area contributed by atoms with Gasteiger partial charge >= 0.3 is 0 Å². The van der Waals surface area contributed by atoms with Crippen molar-refractivity contribution < 1.29 is 14.6 Å². The van der Waals surface area contributed by atoms with E-state index < -0.39 is 6.10 Å². The standard InChI is InChI=1S/C19H27ClN2O3/c1-21-10-3-5-17(21)13-22(11-4-12-24-2)14-18(23)15-25-19-8-6-16(20)7-9-19/h3,5-10,18,23H,4,11-15H2,1-2H3/t18-/m0/s1. The molecule has 138 valence electrons. The van der Waals surface area contributed by atoms with Crippen molar-refractivity contribution in [1.82, 2.24) is 9.47 Å². The Labute approximate surface area is 154 Å². The van der Waals surface area contributed by atoms with Gasteiger partial charge in [0.25, 0.3) is 0 Å². The second-order valence-corrected chi connectivity index (χ2v) is 6.55. The summed E-state index contributed by atoms with van der Waals surface area (Å²) in [5.41, 5.74) is 1.21. The zero-order valence-corrected chi connectivity index (χ0v) is 15.7. The van der Waals surface area contributed by atoms with Crippen LogP contribution in [0.1, 0.15) is 12.1 Å². The van der Waals surface area contributed by atoms with Crippen LogP contribution >= 0.6 is 11.6 Å². The molecule has 1 aromatic heterocycles. The molecule has 0 aliphatic carbocycles. The van der Waals surface area contributed by atoms with Crippen LogP contribution in [0.3, 0.4) is 0 Å². The van der Waals surface area contributed by atoms with Crippen LogP contribution in [0, 0.1) is 0 Å². The van der Waals surface area contributed by atoms with Gasteiger partial charge in [0.1, 0.15) is 18.5 Å². The molecule has 0 unspecified atom stereocenters. The zero-order chi connectivity index (χ0) is 18.1. The van der Waals surface area contributed by atoms with Crippen molar-refractivity contribution in [2.45, 2.75) is 19.1 Å². The monoisotopic (exact) mass is 366 g/mol. The van der Waals surface area contributed by atoms with Gasteiger partial charge in [0.05, 0.1) is 0 Å². The number of methoxy groups -OCH3 is 1. The third-order valence-electron chi connectivity index (χ3n) is 3.98. The summed E-state index contributed by atoms with van der Waals surface area (Å²) in [6.45, 7) is 3.14. The van der Waals surface area contributed by atoms with Gasteiger partial charge in [0.15, 0.2) is 0 Å². The van der Waals surface area contributed by atoms with Crippen LogP contribution in [0.25, 0.3) is 0 Å². The van der Waals surface area contributed by atoms with Gasteiger partial charge in [-0.05, 0) is 42.8 Å². The Hall–Kier alpha value is -1.53. The molecule has 1 heterocycles. The first-order valence-corrected chi connectivity index (χ1v) is 8.84. The van der Waals surface area contributed by atoms with E-state index in [9.17, 15) is 5.11 Å². The van der Waals surface area contributed by atoms with E-state index in [2.05, 4.69) is 15.5 Å². The fraction of sp³-hybridized carbons (Fsp3) is 0.474. The van der Waals surface area contributed by atoms with Gasteiger partial charge in [0, 0.05) is 57.3 Å². The summed E-state index contributed by atoms with van der Waals surface area (Å²) in [6, 6.07) is 11.3. The number of ether oxygens (including phenoxy) is 2. The molecule has 1 N–H and O–H groups in total. The van der Waals surface area contributed by atoms with Gasteiger partial charge < -0.3 is 19.1 Å². The van der Waals surface area contributed by atoms with E-state index in [0.29, 0.717) is 23.9 Å². The Balaban J connectivity index is 1.85. The lowest BCUT2D eigenvalue weighted by molar-refractivity contribution is 0.0610. The summed E-state index contributed by atoms with van der Waals surface area (Å²) in [5, 5.41) is 11.0. The molecule has 0 aliphatic heterocycles. The highest BCUT2D eigenvalue weighted by Crippen LogP contribution is 2.16. The quantitative estimate of drug-likeness (QED) is 0.621. The maximum absolute atomic E-state index is 10.4. The fourth-order valence-electron chi connectivity index (χ4n) is 2.63. The molecule has 0 saturated heterocycles. The van der Waals surface area contributed by atoms with E-state index in [1.807, 2.05) is 19.3 Å². The lowest BCUT2D eigenvalue weighted by Gasteiger charge is -2.25. The van der Waals surface area contributed by atoms with Crippen molar-refractivity contribution in [3.63, 3.8) is 0 Å². The number of nitrogens with zero attached hydrogens (tertiary/aromatic N) is 2. The van der Waals surface area contributed by atoms with Crippen LogP contribution in [-0.4, -0.2) is 54.1 Å². The predicted molar refractivity (Wildman–Crippen MR) is 100 cm³/mol. The summed E-state index contributed by atoms with van der Waals surface area (Å²) in [5.74, 6) is 0.705. The van der Waals surface area contributed by atoms with Crippen LogP contribution < -0.4 is 4.74 Å². The van der Waals surface area contributed by atoms with Crippen LogP contribution in [0.15, 0.2) is 42.6 Å². The largest absolute Gasteiger partial charge is 0.491 e. The average Bonchev–Trinajstić information content (AvgIpc) is 2.99. The second-order valence-electron chi connectivity index (χ2n) is 6.11. The van der Waals surface area contributed by atoms with E-state index in [-0.39, 0.29) is 6.61 Å². The molecule has 5 nitrogen and oxygen atoms in total. The average molecular weight is 367 g/mol. The Bertz CT molecular complexity index is 615. The van der Waals surface area contributed by atoms with Gasteiger partial charge in [-0.2, -0.15) is 0 Å². The summed E-state index contributed by atoms with van der Waals surface area (Å²) in [4.78, 5) is 2.23. The number of rotatable bonds is 11. The minimum Gasteiger partial charge on any atom is -0.491 e. The Morgan fingerprint density at radius 2 is 2.00 bits per heavy atom. The molecular weight excluding hydrogens is 340 g/mol. The molecular formula is C19H27ClN2O3. The summed E-state index contributed by atoms with van der Waals surface area (Å²) >= 11 is 5.86. The molecule has 25 heavy (non-hydrogen) atoms. The van der Waals surface area contributed by atoms with Crippen LogP contribution in [0.2, 0.25) is 5.02 Å². The number of aliphatic hydroxyl groups excluding tert-OH is 1. The highest BCUT2D eigenvalue weighted by atomic mass is 35.5. The van der Waals surface area contributed by atoms with Crippen molar-refractivity contribution >= 4 is 11.6 Å². The van der Waals surface area contributed by atoms with Crippen molar-refractivity contribution in [2.24, 2.45) is 7.05 Å². The Morgan fingerprint density at radius 3 is 2.64 bits per heavy atom. The van der Waals surface area contributed by atoms with Gasteiger partial charge in [-0.3, -0.25) is 4.90 Å². The minimum atomic E-state index is -0.571. The summed E-state index contributed by atoms with van der Waals surface area (Å²) < 4.78 is 12.9. The molecule has 2 aromatic rings. The SMILES string of the molecule is COCCCN(Cc1cccn1C)C[C@H](O)COc1ccc(Cl)cc1. The van der Waals surface area contributed by atoms with Crippen molar-refractivity contribution in [2.75, 3.05) is 33.4 Å². The molecule has 1 aromatic carbocycles. The molecule has 0 spiro atoms. The molecule has 0 saturated carbocycles. The van der Waals surface area contributed by atoms with E-state index in [0.717, 1.165) is 19.5 Å². The number of aromatic nitrogens is 1.